The lowest BCUT2D eigenvalue weighted by molar-refractivity contribution is -0.0622. The molecule has 0 amide bonds. The Morgan fingerprint density at radius 2 is 2.05 bits per heavy atom. The molecule has 0 heterocycles. The molecule has 0 spiro atoms. The first-order valence-electron chi connectivity index (χ1n) is 8.84. The van der Waals surface area contributed by atoms with E-state index >= 15 is 0 Å². The topological polar surface area (TPSA) is 0 Å². The van der Waals surface area contributed by atoms with Crippen LogP contribution in [-0.4, -0.2) is 0 Å². The SMILES string of the molecule is C=CC(C)=CCC1C(=C)CCC2C(C)(CC)CCCC12C. The van der Waals surface area contributed by atoms with Crippen LogP contribution in [0.15, 0.2) is 36.5 Å². The maximum atomic E-state index is 4.45. The van der Waals surface area contributed by atoms with Gasteiger partial charge >= 0.3 is 0 Å². The summed E-state index contributed by atoms with van der Waals surface area (Å²) in [7, 11) is 0. The van der Waals surface area contributed by atoms with E-state index in [9.17, 15) is 0 Å². The third-order valence-corrected chi connectivity index (χ3v) is 6.95. The molecule has 0 aromatic heterocycles. The molecule has 2 saturated carbocycles. The van der Waals surface area contributed by atoms with Crippen LogP contribution >= 0.6 is 0 Å². The van der Waals surface area contributed by atoms with Gasteiger partial charge in [0.05, 0.1) is 0 Å². The first-order valence-corrected chi connectivity index (χ1v) is 8.84. The highest BCUT2D eigenvalue weighted by Crippen LogP contribution is 2.62. The number of hydrogen-bond acceptors (Lipinski definition) is 0. The van der Waals surface area contributed by atoms with E-state index in [1.807, 2.05) is 6.08 Å². The maximum Gasteiger partial charge on any atom is -0.0114 e. The highest BCUT2D eigenvalue weighted by molar-refractivity contribution is 5.20. The average Bonchev–Trinajstić information content (AvgIpc) is 2.45. The summed E-state index contributed by atoms with van der Waals surface area (Å²) in [6, 6.07) is 0. The van der Waals surface area contributed by atoms with Gasteiger partial charge in [-0.25, -0.2) is 0 Å². The first-order chi connectivity index (χ1) is 9.87. The Bertz CT molecular complexity index is 441. The van der Waals surface area contributed by atoms with Crippen molar-refractivity contribution in [3.63, 3.8) is 0 Å². The monoisotopic (exact) mass is 286 g/mol. The van der Waals surface area contributed by atoms with Gasteiger partial charge in [0, 0.05) is 0 Å². The minimum Gasteiger partial charge on any atom is -0.0995 e. The summed E-state index contributed by atoms with van der Waals surface area (Å²) >= 11 is 0. The predicted octanol–water partition coefficient (Wildman–Crippen LogP) is 6.70. The minimum atomic E-state index is 0.455. The van der Waals surface area contributed by atoms with E-state index in [-0.39, 0.29) is 0 Å². The van der Waals surface area contributed by atoms with E-state index < -0.39 is 0 Å². The summed E-state index contributed by atoms with van der Waals surface area (Å²) in [5.74, 6) is 1.54. The van der Waals surface area contributed by atoms with Gasteiger partial charge in [-0.3, -0.25) is 0 Å². The summed E-state index contributed by atoms with van der Waals surface area (Å²) in [5, 5.41) is 0. The van der Waals surface area contributed by atoms with Crippen molar-refractivity contribution < 1.29 is 0 Å². The predicted molar refractivity (Wildman–Crippen MR) is 94.3 cm³/mol. The van der Waals surface area contributed by atoms with E-state index in [1.54, 1.807) is 0 Å². The smallest absolute Gasteiger partial charge is 0.0114 e. The molecule has 0 heteroatoms. The summed E-state index contributed by atoms with van der Waals surface area (Å²) in [5.41, 5.74) is 3.81. The maximum absolute atomic E-state index is 4.45. The Labute approximate surface area is 132 Å². The Morgan fingerprint density at radius 1 is 1.33 bits per heavy atom. The standard InChI is InChI=1S/C21H34/c1-7-16(3)10-12-18-17(4)11-13-19-20(5,8-2)14-9-15-21(18,19)6/h7,10,18-19H,1,4,8-9,11-15H2,2-3,5-6H3. The molecule has 2 aliphatic rings. The molecular weight excluding hydrogens is 252 g/mol. The average molecular weight is 287 g/mol. The van der Waals surface area contributed by atoms with Crippen molar-refractivity contribution in [2.24, 2.45) is 22.7 Å². The van der Waals surface area contributed by atoms with Crippen LogP contribution in [0.3, 0.4) is 0 Å². The van der Waals surface area contributed by atoms with Gasteiger partial charge in [-0.1, -0.05) is 70.1 Å². The van der Waals surface area contributed by atoms with Crippen molar-refractivity contribution in [2.45, 2.75) is 72.6 Å². The van der Waals surface area contributed by atoms with Crippen LogP contribution in [0.1, 0.15) is 72.6 Å². The van der Waals surface area contributed by atoms with Crippen molar-refractivity contribution in [2.75, 3.05) is 0 Å². The lowest BCUT2D eigenvalue weighted by Gasteiger charge is -2.59. The fraction of sp³-hybridized carbons (Fsp3) is 0.714. The number of hydrogen-bond donors (Lipinski definition) is 0. The molecule has 2 aliphatic carbocycles. The third kappa shape index (κ3) is 2.91. The van der Waals surface area contributed by atoms with Crippen LogP contribution in [0, 0.1) is 22.7 Å². The molecule has 4 unspecified atom stereocenters. The van der Waals surface area contributed by atoms with Crippen LogP contribution in [0.5, 0.6) is 0 Å². The van der Waals surface area contributed by atoms with E-state index in [2.05, 4.69) is 46.9 Å². The van der Waals surface area contributed by atoms with E-state index in [4.69, 9.17) is 0 Å². The molecule has 0 aliphatic heterocycles. The molecule has 21 heavy (non-hydrogen) atoms. The molecule has 0 radical (unpaired) electrons. The van der Waals surface area contributed by atoms with Gasteiger partial charge in [0.2, 0.25) is 0 Å². The van der Waals surface area contributed by atoms with Crippen LogP contribution < -0.4 is 0 Å². The molecule has 0 bridgehead atoms. The summed E-state index contributed by atoms with van der Waals surface area (Å²) in [4.78, 5) is 0. The van der Waals surface area contributed by atoms with Gasteiger partial charge in [0.1, 0.15) is 0 Å². The van der Waals surface area contributed by atoms with E-state index in [0.717, 1.165) is 12.3 Å². The van der Waals surface area contributed by atoms with Crippen LogP contribution in [-0.2, 0) is 0 Å². The molecule has 118 valence electrons. The van der Waals surface area contributed by atoms with Crippen molar-refractivity contribution in [1.82, 2.24) is 0 Å². The van der Waals surface area contributed by atoms with Gasteiger partial charge in [-0.05, 0) is 61.7 Å². The molecule has 4 atom stereocenters. The fourth-order valence-electron chi connectivity index (χ4n) is 5.33. The zero-order valence-electron chi connectivity index (χ0n) is 14.7. The van der Waals surface area contributed by atoms with E-state index in [1.165, 1.54) is 49.7 Å². The molecule has 0 aromatic rings. The fourth-order valence-corrected chi connectivity index (χ4v) is 5.33. The largest absolute Gasteiger partial charge is 0.0995 e. The highest BCUT2D eigenvalue weighted by atomic mass is 14.6. The zero-order valence-corrected chi connectivity index (χ0v) is 14.7. The molecule has 0 saturated heterocycles. The second-order valence-corrected chi connectivity index (χ2v) is 8.06. The van der Waals surface area contributed by atoms with Gasteiger partial charge in [0.15, 0.2) is 0 Å². The second-order valence-electron chi connectivity index (χ2n) is 8.06. The summed E-state index contributed by atoms with van der Waals surface area (Å²) < 4.78 is 0. The molecule has 0 nitrogen and oxygen atoms in total. The summed E-state index contributed by atoms with van der Waals surface area (Å²) in [6.45, 7) is 18.0. The first kappa shape index (κ1) is 16.6. The van der Waals surface area contributed by atoms with Crippen LogP contribution in [0.2, 0.25) is 0 Å². The lowest BCUT2D eigenvalue weighted by Crippen LogP contribution is -2.50. The molecular formula is C21H34. The second kappa shape index (κ2) is 6.15. The van der Waals surface area contributed by atoms with Gasteiger partial charge in [-0.2, -0.15) is 0 Å². The molecule has 0 N–H and O–H groups in total. The van der Waals surface area contributed by atoms with Crippen LogP contribution in [0.4, 0.5) is 0 Å². The third-order valence-electron chi connectivity index (χ3n) is 6.95. The number of rotatable bonds is 4. The lowest BCUT2D eigenvalue weighted by atomic mass is 9.46. The Balaban J connectivity index is 2.31. The van der Waals surface area contributed by atoms with Crippen molar-refractivity contribution >= 4 is 0 Å². The van der Waals surface area contributed by atoms with Gasteiger partial charge in [0.25, 0.3) is 0 Å². The van der Waals surface area contributed by atoms with Crippen molar-refractivity contribution in [1.29, 1.82) is 0 Å². The van der Waals surface area contributed by atoms with Gasteiger partial charge in [-0.15, -0.1) is 0 Å². The van der Waals surface area contributed by atoms with Crippen LogP contribution in [0.25, 0.3) is 0 Å². The number of allylic oxidation sites excluding steroid dienone is 4. The quantitative estimate of drug-likeness (QED) is 0.398. The molecule has 2 rings (SSSR count). The Hall–Kier alpha value is -0.780. The molecule has 0 aromatic carbocycles. The number of fused-ring (bicyclic) bond motifs is 1. The summed E-state index contributed by atoms with van der Waals surface area (Å²) in [6.07, 6.45) is 13.6. The van der Waals surface area contributed by atoms with Gasteiger partial charge < -0.3 is 0 Å². The van der Waals surface area contributed by atoms with E-state index in [0.29, 0.717) is 16.7 Å². The zero-order chi connectivity index (χ0) is 15.7. The Kier molecular flexibility index (Phi) is 4.85. The van der Waals surface area contributed by atoms with Crippen molar-refractivity contribution in [3.05, 3.63) is 36.5 Å². The van der Waals surface area contributed by atoms with Crippen molar-refractivity contribution in [3.8, 4) is 0 Å². The normalized spacial score (nSPS) is 40.8. The highest BCUT2D eigenvalue weighted by Gasteiger charge is 2.53. The Morgan fingerprint density at radius 3 is 2.67 bits per heavy atom. The minimum absolute atomic E-state index is 0.455. The molecule has 2 fully saturated rings.